The molecule has 0 aliphatic heterocycles. The number of carbonyl (C=O) groups is 1. The van der Waals surface area contributed by atoms with Crippen LogP contribution in [0.2, 0.25) is 0 Å². The van der Waals surface area contributed by atoms with Gasteiger partial charge in [0.15, 0.2) is 0 Å². The molecule has 3 nitrogen and oxygen atoms in total. The highest BCUT2D eigenvalue weighted by Crippen LogP contribution is 2.31. The van der Waals surface area contributed by atoms with Crippen LogP contribution in [0.5, 0.6) is 0 Å². The number of hydrogen-bond donors (Lipinski definition) is 2. The molecule has 0 spiro atoms. The number of anilines is 1. The van der Waals surface area contributed by atoms with E-state index in [-0.39, 0.29) is 17.4 Å². The lowest BCUT2D eigenvalue weighted by molar-refractivity contribution is -0.124. The summed E-state index contributed by atoms with van der Waals surface area (Å²) >= 11 is 0. The molecule has 0 radical (unpaired) electrons. The van der Waals surface area contributed by atoms with Crippen LogP contribution < -0.4 is 11.1 Å². The fourth-order valence-corrected chi connectivity index (χ4v) is 1.73. The first kappa shape index (κ1) is 11.0. The van der Waals surface area contributed by atoms with Gasteiger partial charge in [0, 0.05) is 11.6 Å². The number of amides is 1. The van der Waals surface area contributed by atoms with E-state index in [0.29, 0.717) is 0 Å². The van der Waals surface area contributed by atoms with Crippen molar-refractivity contribution < 1.29 is 4.79 Å². The van der Waals surface area contributed by atoms with Gasteiger partial charge in [-0.05, 0) is 44.4 Å². The third-order valence-corrected chi connectivity index (χ3v) is 3.02. The van der Waals surface area contributed by atoms with Crippen molar-refractivity contribution in [1.29, 1.82) is 0 Å². The van der Waals surface area contributed by atoms with E-state index in [4.69, 9.17) is 5.73 Å². The first-order valence-corrected chi connectivity index (χ1v) is 5.67. The highest BCUT2D eigenvalue weighted by molar-refractivity contribution is 5.81. The van der Waals surface area contributed by atoms with Crippen molar-refractivity contribution in [2.45, 2.75) is 32.2 Å². The Kier molecular flexibility index (Phi) is 2.62. The molecule has 0 saturated heterocycles. The van der Waals surface area contributed by atoms with E-state index in [1.165, 1.54) is 0 Å². The van der Waals surface area contributed by atoms with Crippen LogP contribution in [0.4, 0.5) is 5.69 Å². The van der Waals surface area contributed by atoms with E-state index in [1.807, 2.05) is 38.1 Å². The Morgan fingerprint density at radius 3 is 2.38 bits per heavy atom. The molecule has 0 aromatic heterocycles. The maximum absolute atomic E-state index is 11.7. The van der Waals surface area contributed by atoms with Crippen LogP contribution in [-0.2, 0) is 10.3 Å². The topological polar surface area (TPSA) is 55.1 Å². The maximum Gasteiger partial charge on any atom is 0.223 e. The summed E-state index contributed by atoms with van der Waals surface area (Å²) in [5.74, 6) is 0.412. The Morgan fingerprint density at radius 2 is 1.88 bits per heavy atom. The maximum atomic E-state index is 11.7. The van der Waals surface area contributed by atoms with Gasteiger partial charge in [-0.2, -0.15) is 0 Å². The van der Waals surface area contributed by atoms with Crippen LogP contribution in [0.15, 0.2) is 24.3 Å². The zero-order valence-electron chi connectivity index (χ0n) is 9.79. The Morgan fingerprint density at radius 1 is 1.31 bits per heavy atom. The Balaban J connectivity index is 2.10. The molecule has 2 rings (SSSR count). The van der Waals surface area contributed by atoms with Crippen LogP contribution in [0.25, 0.3) is 0 Å². The van der Waals surface area contributed by atoms with Gasteiger partial charge in [0.25, 0.3) is 0 Å². The van der Waals surface area contributed by atoms with Gasteiger partial charge < -0.3 is 11.1 Å². The quantitative estimate of drug-likeness (QED) is 0.763. The summed E-state index contributed by atoms with van der Waals surface area (Å²) < 4.78 is 0. The van der Waals surface area contributed by atoms with Gasteiger partial charge in [0.05, 0.1) is 5.54 Å². The summed E-state index contributed by atoms with van der Waals surface area (Å²) in [7, 11) is 0. The molecule has 1 aromatic carbocycles. The average molecular weight is 218 g/mol. The molecule has 86 valence electrons. The monoisotopic (exact) mass is 218 g/mol. The summed E-state index contributed by atoms with van der Waals surface area (Å²) in [5.41, 5.74) is 7.14. The molecule has 1 amide bonds. The molecule has 3 heteroatoms. The van der Waals surface area contributed by atoms with Crippen molar-refractivity contribution in [3.63, 3.8) is 0 Å². The van der Waals surface area contributed by atoms with Gasteiger partial charge >= 0.3 is 0 Å². The Labute approximate surface area is 96.0 Å². The largest absolute Gasteiger partial charge is 0.399 e. The van der Waals surface area contributed by atoms with Gasteiger partial charge in [-0.3, -0.25) is 4.79 Å². The van der Waals surface area contributed by atoms with E-state index < -0.39 is 0 Å². The fraction of sp³-hybridized carbons (Fsp3) is 0.462. The molecule has 0 atom stereocenters. The molecule has 1 aromatic rings. The van der Waals surface area contributed by atoms with Crippen molar-refractivity contribution in [2.24, 2.45) is 5.92 Å². The van der Waals surface area contributed by atoms with Crippen LogP contribution in [0.1, 0.15) is 32.3 Å². The van der Waals surface area contributed by atoms with Crippen LogP contribution in [0.3, 0.4) is 0 Å². The standard InChI is InChI=1S/C13H18N2O/c1-13(2,15-12(16)9-3-4-9)10-5-7-11(14)8-6-10/h5-9H,3-4,14H2,1-2H3,(H,15,16). The second-order valence-corrected chi connectivity index (χ2v) is 5.01. The molecule has 0 heterocycles. The highest BCUT2D eigenvalue weighted by atomic mass is 16.2. The molecule has 0 bridgehead atoms. The van der Waals surface area contributed by atoms with Gasteiger partial charge in [-0.1, -0.05) is 12.1 Å². The van der Waals surface area contributed by atoms with Crippen LogP contribution in [-0.4, -0.2) is 5.91 Å². The molecular formula is C13H18N2O. The summed E-state index contributed by atoms with van der Waals surface area (Å²) in [4.78, 5) is 11.7. The highest BCUT2D eigenvalue weighted by Gasteiger charge is 2.33. The Hall–Kier alpha value is -1.51. The van der Waals surface area contributed by atoms with Gasteiger partial charge in [-0.25, -0.2) is 0 Å². The minimum absolute atomic E-state index is 0.168. The minimum Gasteiger partial charge on any atom is -0.399 e. The second-order valence-electron chi connectivity index (χ2n) is 5.01. The first-order chi connectivity index (χ1) is 7.49. The third-order valence-electron chi connectivity index (χ3n) is 3.02. The summed E-state index contributed by atoms with van der Waals surface area (Å²) in [6, 6.07) is 7.64. The van der Waals surface area contributed by atoms with Gasteiger partial charge in [0.2, 0.25) is 5.91 Å². The summed E-state index contributed by atoms with van der Waals surface area (Å²) in [6.07, 6.45) is 2.06. The number of carbonyl (C=O) groups excluding carboxylic acids is 1. The molecule has 16 heavy (non-hydrogen) atoms. The fourth-order valence-electron chi connectivity index (χ4n) is 1.73. The van der Waals surface area contributed by atoms with E-state index in [2.05, 4.69) is 5.32 Å². The predicted molar refractivity (Wildman–Crippen MR) is 64.7 cm³/mol. The van der Waals surface area contributed by atoms with Gasteiger partial charge in [0.1, 0.15) is 0 Å². The lowest BCUT2D eigenvalue weighted by Gasteiger charge is -2.27. The number of benzene rings is 1. The summed E-state index contributed by atoms with van der Waals surface area (Å²) in [5, 5.41) is 3.07. The zero-order valence-corrected chi connectivity index (χ0v) is 9.79. The molecule has 1 fully saturated rings. The Bertz CT molecular complexity index is 391. The first-order valence-electron chi connectivity index (χ1n) is 5.67. The van der Waals surface area contributed by atoms with Crippen molar-refractivity contribution in [3.05, 3.63) is 29.8 Å². The molecule has 1 saturated carbocycles. The normalized spacial score (nSPS) is 15.9. The average Bonchev–Trinajstić information content (AvgIpc) is 3.00. The molecular weight excluding hydrogens is 200 g/mol. The van der Waals surface area contributed by atoms with Gasteiger partial charge in [-0.15, -0.1) is 0 Å². The number of rotatable bonds is 3. The second kappa shape index (κ2) is 3.81. The van der Waals surface area contributed by atoms with E-state index in [9.17, 15) is 4.79 Å². The third kappa shape index (κ3) is 2.35. The lowest BCUT2D eigenvalue weighted by Crippen LogP contribution is -2.41. The van der Waals surface area contributed by atoms with E-state index in [0.717, 1.165) is 24.1 Å². The number of nitrogens with one attached hydrogen (secondary N) is 1. The SMILES string of the molecule is CC(C)(NC(=O)C1CC1)c1ccc(N)cc1. The van der Waals surface area contributed by atoms with Crippen LogP contribution in [0, 0.1) is 5.92 Å². The number of hydrogen-bond acceptors (Lipinski definition) is 2. The molecule has 3 N–H and O–H groups in total. The number of nitrogen functional groups attached to an aromatic ring is 1. The smallest absolute Gasteiger partial charge is 0.223 e. The summed E-state index contributed by atoms with van der Waals surface area (Å²) in [6.45, 7) is 4.03. The van der Waals surface area contributed by atoms with E-state index >= 15 is 0 Å². The van der Waals surface area contributed by atoms with E-state index in [1.54, 1.807) is 0 Å². The molecule has 1 aliphatic carbocycles. The molecule has 1 aliphatic rings. The van der Waals surface area contributed by atoms with Crippen molar-refractivity contribution in [2.75, 3.05) is 5.73 Å². The minimum atomic E-state index is -0.326. The predicted octanol–water partition coefficient (Wildman–Crippen LogP) is 2.03. The zero-order chi connectivity index (χ0) is 11.8. The van der Waals surface area contributed by atoms with Crippen molar-refractivity contribution in [3.8, 4) is 0 Å². The number of nitrogens with two attached hydrogens (primary N) is 1. The van der Waals surface area contributed by atoms with Crippen LogP contribution >= 0.6 is 0 Å². The lowest BCUT2D eigenvalue weighted by atomic mass is 9.94. The molecule has 0 unspecified atom stereocenters. The van der Waals surface area contributed by atoms with Crippen molar-refractivity contribution in [1.82, 2.24) is 5.32 Å². The van der Waals surface area contributed by atoms with Crippen molar-refractivity contribution >= 4 is 11.6 Å².